The number of rotatable bonds is 6. The summed E-state index contributed by atoms with van der Waals surface area (Å²) in [5, 5.41) is 40.3. The molecule has 2 heterocycles. The number of hydrogen-bond donors (Lipinski definition) is 4. The van der Waals surface area contributed by atoms with E-state index >= 15 is 0 Å². The van der Waals surface area contributed by atoms with Crippen molar-refractivity contribution in [1.82, 2.24) is 0 Å². The van der Waals surface area contributed by atoms with Gasteiger partial charge in [-0.1, -0.05) is 30.8 Å². The molecule has 36 heavy (non-hydrogen) atoms. The van der Waals surface area contributed by atoms with Crippen LogP contribution in [0.1, 0.15) is 5.56 Å². The van der Waals surface area contributed by atoms with Crippen LogP contribution in [0.5, 0.6) is 5.75 Å². The molecule has 0 aromatic heterocycles. The standard InChI is InChI=1S/C27H20O9/c1-13(34-12-20(30)26-24(31)25(32)27(33)36-26)16-4-2-3-5-17(16)23-18-8-6-14(28)10-21(18)35-22-11-15(29)7-9-19(22)23/h2-11,20,26,28,30-32H,1,12H2. The van der Waals surface area contributed by atoms with Crippen molar-refractivity contribution in [3.8, 4) is 28.2 Å². The van der Waals surface area contributed by atoms with Crippen LogP contribution < -0.4 is 5.43 Å². The first kappa shape index (κ1) is 23.0. The highest BCUT2D eigenvalue weighted by molar-refractivity contribution is 6.04. The largest absolute Gasteiger partial charge is 0.508 e. The second-order valence-corrected chi connectivity index (χ2v) is 8.22. The summed E-state index contributed by atoms with van der Waals surface area (Å²) in [6, 6.07) is 16.3. The lowest BCUT2D eigenvalue weighted by atomic mass is 9.90. The molecule has 0 spiro atoms. The van der Waals surface area contributed by atoms with Crippen LogP contribution in [0.3, 0.4) is 0 Å². The summed E-state index contributed by atoms with van der Waals surface area (Å²) < 4.78 is 16.3. The molecule has 9 nitrogen and oxygen atoms in total. The van der Waals surface area contributed by atoms with Gasteiger partial charge in [0.1, 0.15) is 35.6 Å². The normalized spacial score (nSPS) is 16.4. The molecule has 2 aromatic carbocycles. The monoisotopic (exact) mass is 488 g/mol. The van der Waals surface area contributed by atoms with Gasteiger partial charge in [-0.15, -0.1) is 0 Å². The molecule has 9 heteroatoms. The van der Waals surface area contributed by atoms with E-state index in [4.69, 9.17) is 13.9 Å². The molecule has 0 radical (unpaired) electrons. The van der Waals surface area contributed by atoms with Crippen molar-refractivity contribution in [2.45, 2.75) is 12.2 Å². The Balaban J connectivity index is 1.54. The van der Waals surface area contributed by atoms with E-state index in [2.05, 4.69) is 6.58 Å². The first-order chi connectivity index (χ1) is 17.2. The third-order valence-corrected chi connectivity index (χ3v) is 5.89. The lowest BCUT2D eigenvalue weighted by molar-refractivity contribution is -0.147. The number of carbonyl (C=O) groups is 1. The third-order valence-electron chi connectivity index (χ3n) is 5.89. The van der Waals surface area contributed by atoms with Crippen molar-refractivity contribution in [2.24, 2.45) is 0 Å². The fourth-order valence-corrected chi connectivity index (χ4v) is 4.17. The SMILES string of the molecule is C=C(OCC(O)C1OC(=O)C(O)=C1O)c1ccccc1-c1c2ccc(=O)cc-2oc2cc(O)ccc12. The average Bonchev–Trinajstić information content (AvgIpc) is 3.12. The van der Waals surface area contributed by atoms with Gasteiger partial charge in [0.15, 0.2) is 17.3 Å². The van der Waals surface area contributed by atoms with Crippen LogP contribution in [-0.2, 0) is 14.3 Å². The summed E-state index contributed by atoms with van der Waals surface area (Å²) in [6.07, 6.45) is -2.93. The molecule has 1 aliphatic carbocycles. The van der Waals surface area contributed by atoms with Gasteiger partial charge in [0.05, 0.1) is 0 Å². The summed E-state index contributed by atoms with van der Waals surface area (Å²) in [6.45, 7) is 3.57. The Hall–Kier alpha value is -4.76. The Kier molecular flexibility index (Phi) is 5.62. The summed E-state index contributed by atoms with van der Waals surface area (Å²) in [5.74, 6) is -2.36. The Morgan fingerprint density at radius 3 is 2.53 bits per heavy atom. The average molecular weight is 488 g/mol. The van der Waals surface area contributed by atoms with E-state index in [9.17, 15) is 30.0 Å². The molecular weight excluding hydrogens is 468 g/mol. The zero-order valence-electron chi connectivity index (χ0n) is 18.7. The number of ether oxygens (including phenoxy) is 2. The van der Waals surface area contributed by atoms with Crippen molar-refractivity contribution >= 4 is 22.7 Å². The van der Waals surface area contributed by atoms with E-state index in [1.165, 1.54) is 24.3 Å². The van der Waals surface area contributed by atoms with E-state index < -0.39 is 36.3 Å². The topological polar surface area (TPSA) is 147 Å². The number of hydrogen-bond acceptors (Lipinski definition) is 9. The smallest absolute Gasteiger partial charge is 0.377 e. The van der Waals surface area contributed by atoms with Crippen LogP contribution in [0, 0.1) is 0 Å². The highest BCUT2D eigenvalue weighted by atomic mass is 16.6. The van der Waals surface area contributed by atoms with Crippen molar-refractivity contribution in [2.75, 3.05) is 6.61 Å². The van der Waals surface area contributed by atoms with Gasteiger partial charge in [-0.3, -0.25) is 4.79 Å². The third kappa shape index (κ3) is 3.91. The van der Waals surface area contributed by atoms with Gasteiger partial charge >= 0.3 is 5.97 Å². The number of phenols is 1. The van der Waals surface area contributed by atoms with Crippen molar-refractivity contribution < 1.29 is 39.1 Å². The molecule has 5 rings (SSSR count). The number of benzene rings is 3. The molecule has 182 valence electrons. The van der Waals surface area contributed by atoms with Crippen LogP contribution >= 0.6 is 0 Å². The molecule has 2 aliphatic heterocycles. The van der Waals surface area contributed by atoms with E-state index in [-0.39, 0.29) is 16.9 Å². The molecule has 0 saturated heterocycles. The van der Waals surface area contributed by atoms with Gasteiger partial charge in [0, 0.05) is 34.2 Å². The number of cyclic esters (lactones) is 1. The zero-order chi connectivity index (χ0) is 25.6. The van der Waals surface area contributed by atoms with Crippen LogP contribution in [-0.4, -0.2) is 45.2 Å². The molecule has 3 aliphatic rings. The van der Waals surface area contributed by atoms with Crippen LogP contribution in [0.2, 0.25) is 0 Å². The summed E-state index contributed by atoms with van der Waals surface area (Å²) in [5.41, 5.74) is 2.73. The first-order valence-electron chi connectivity index (χ1n) is 10.9. The van der Waals surface area contributed by atoms with Crippen molar-refractivity contribution in [3.63, 3.8) is 0 Å². The molecule has 2 unspecified atom stereocenters. The molecule has 2 atom stereocenters. The second kappa shape index (κ2) is 8.79. The molecule has 0 bridgehead atoms. The maximum Gasteiger partial charge on any atom is 0.377 e. The number of aromatic hydroxyl groups is 1. The van der Waals surface area contributed by atoms with Gasteiger partial charge < -0.3 is 34.3 Å². The maximum atomic E-state index is 12.0. The van der Waals surface area contributed by atoms with Gasteiger partial charge in [0.2, 0.25) is 5.76 Å². The first-order valence-corrected chi connectivity index (χ1v) is 10.9. The number of esters is 1. The summed E-state index contributed by atoms with van der Waals surface area (Å²) in [4.78, 5) is 23.4. The highest BCUT2D eigenvalue weighted by Gasteiger charge is 2.39. The number of carbonyl (C=O) groups excluding carboxylic acids is 1. The number of phenolic OH excluding ortho intramolecular Hbond substituents is 1. The fourth-order valence-electron chi connectivity index (χ4n) is 4.17. The summed E-state index contributed by atoms with van der Waals surface area (Å²) in [7, 11) is 0. The highest BCUT2D eigenvalue weighted by Crippen LogP contribution is 2.43. The van der Waals surface area contributed by atoms with Crippen LogP contribution in [0.15, 0.2) is 88.0 Å². The van der Waals surface area contributed by atoms with Gasteiger partial charge in [-0.25, -0.2) is 4.79 Å². The molecule has 0 fully saturated rings. The minimum atomic E-state index is -1.47. The van der Waals surface area contributed by atoms with Crippen molar-refractivity contribution in [3.05, 3.63) is 94.5 Å². The molecule has 2 aromatic rings. The van der Waals surface area contributed by atoms with E-state index in [1.54, 1.807) is 24.3 Å². The van der Waals surface area contributed by atoms with Gasteiger partial charge in [-0.2, -0.15) is 0 Å². The summed E-state index contributed by atoms with van der Waals surface area (Å²) >= 11 is 0. The van der Waals surface area contributed by atoms with Gasteiger partial charge in [-0.05, 0) is 29.8 Å². The molecule has 0 saturated carbocycles. The minimum Gasteiger partial charge on any atom is -0.508 e. The Morgan fingerprint density at radius 2 is 1.78 bits per heavy atom. The maximum absolute atomic E-state index is 12.0. The minimum absolute atomic E-state index is 0.000737. The number of aliphatic hydroxyl groups is 3. The van der Waals surface area contributed by atoms with Crippen molar-refractivity contribution in [1.29, 1.82) is 0 Å². The lowest BCUT2D eigenvalue weighted by Gasteiger charge is -2.21. The van der Waals surface area contributed by atoms with Crippen LogP contribution in [0.25, 0.3) is 39.2 Å². The Morgan fingerprint density at radius 1 is 1.00 bits per heavy atom. The quantitative estimate of drug-likeness (QED) is 0.180. The zero-order valence-corrected chi connectivity index (χ0v) is 18.7. The van der Waals surface area contributed by atoms with E-state index in [1.807, 2.05) is 12.1 Å². The second-order valence-electron chi connectivity index (χ2n) is 8.22. The Bertz CT molecular complexity index is 1580. The molecule has 0 amide bonds. The van der Waals surface area contributed by atoms with E-state index in [0.717, 1.165) is 0 Å². The number of aliphatic hydroxyl groups excluding tert-OH is 3. The molecular formula is C27H20O9. The predicted octanol–water partition coefficient (Wildman–Crippen LogP) is 3.87. The number of fused-ring (bicyclic) bond motifs is 2. The fraction of sp³-hybridized carbons (Fsp3) is 0.111. The predicted molar refractivity (Wildman–Crippen MR) is 129 cm³/mol. The lowest BCUT2D eigenvalue weighted by Crippen LogP contribution is -2.32. The van der Waals surface area contributed by atoms with E-state index in [0.29, 0.717) is 39.0 Å². The van der Waals surface area contributed by atoms with Gasteiger partial charge in [0.25, 0.3) is 0 Å². The molecule has 4 N–H and O–H groups in total. The van der Waals surface area contributed by atoms with Crippen LogP contribution in [0.4, 0.5) is 0 Å². The Labute approximate surface area is 203 Å².